The van der Waals surface area contributed by atoms with Crippen molar-refractivity contribution < 1.29 is 40.9 Å². The van der Waals surface area contributed by atoms with Crippen molar-refractivity contribution in [2.75, 3.05) is 20.3 Å². The molecule has 2 aliphatic rings. The Labute approximate surface area is 201 Å². The summed E-state index contributed by atoms with van der Waals surface area (Å²) in [5, 5.41) is 2.98. The summed E-state index contributed by atoms with van der Waals surface area (Å²) in [5.74, 6) is 0.221. The van der Waals surface area contributed by atoms with Gasteiger partial charge in [-0.25, -0.2) is 4.79 Å². The largest absolute Gasteiger partial charge is 0.673 e. The van der Waals surface area contributed by atoms with Crippen LogP contribution in [0.15, 0.2) is 60.7 Å². The second-order valence-electron chi connectivity index (χ2n) is 8.38. The third-order valence-electron chi connectivity index (χ3n) is 6.03. The molecular formula is C24H27BF4N2O4. The minimum atomic E-state index is -6.00. The number of benzene rings is 2. The van der Waals surface area contributed by atoms with Crippen LogP contribution in [0.2, 0.25) is 0 Å². The van der Waals surface area contributed by atoms with E-state index in [1.807, 2.05) is 24.3 Å². The summed E-state index contributed by atoms with van der Waals surface area (Å²) >= 11 is 0. The molecule has 2 aromatic carbocycles. The van der Waals surface area contributed by atoms with Crippen LogP contribution in [0.3, 0.4) is 0 Å². The van der Waals surface area contributed by atoms with Crippen LogP contribution in [0, 0.1) is 0 Å². The molecule has 0 bridgehead atoms. The van der Waals surface area contributed by atoms with Crippen LogP contribution in [0.1, 0.15) is 35.2 Å². The van der Waals surface area contributed by atoms with Crippen molar-refractivity contribution in [2.24, 2.45) is 0 Å². The number of nitrogens with one attached hydrogen (secondary N) is 1. The number of rotatable bonds is 5. The van der Waals surface area contributed by atoms with Gasteiger partial charge in [-0.15, -0.1) is 0 Å². The Balaban J connectivity index is 0.000000623. The summed E-state index contributed by atoms with van der Waals surface area (Å²) in [4.78, 5) is 25.6. The fourth-order valence-corrected chi connectivity index (χ4v) is 4.36. The van der Waals surface area contributed by atoms with E-state index in [9.17, 15) is 26.9 Å². The minimum Gasteiger partial charge on any atom is -0.467 e. The van der Waals surface area contributed by atoms with Crippen LogP contribution in [-0.4, -0.2) is 61.4 Å². The zero-order chi connectivity index (χ0) is 25.5. The predicted octanol–water partition coefficient (Wildman–Crippen LogP) is 3.86. The maximum absolute atomic E-state index is 12.8. The van der Waals surface area contributed by atoms with Gasteiger partial charge in [0.2, 0.25) is 0 Å². The van der Waals surface area contributed by atoms with Crippen molar-refractivity contribution in [3.63, 3.8) is 0 Å². The molecule has 0 fully saturated rings. The second kappa shape index (κ2) is 11.4. The maximum atomic E-state index is 12.8. The number of hydrogen-bond acceptors (Lipinski definition) is 4. The summed E-state index contributed by atoms with van der Waals surface area (Å²) in [6.45, 7) is 1.27. The maximum Gasteiger partial charge on any atom is 0.673 e. The number of carbonyl (C=O) groups excluding carboxylic acids is 2. The molecule has 35 heavy (non-hydrogen) atoms. The standard InChI is InChI=1S/C24H26N2O4.BF4/c1-29-23(28)24(25-22(27)19-10-6-3-7-11-19)13-12-21-26(15-14-24)20(17-30-21)16-18-8-4-2-5-9-18;2-1(3,4)5/h2-11,20H,12-17H2,1H3;/q;-1/p+1/t20-,24-;/m0./s1. The summed E-state index contributed by atoms with van der Waals surface area (Å²) in [6, 6.07) is 19.5. The lowest BCUT2D eigenvalue weighted by molar-refractivity contribution is -0.556. The minimum absolute atomic E-state index is 0.223. The number of esters is 1. The number of hydrogen-bond donors (Lipinski definition) is 1. The molecule has 0 spiro atoms. The lowest BCUT2D eigenvalue weighted by Crippen LogP contribution is -2.55. The van der Waals surface area contributed by atoms with Gasteiger partial charge >= 0.3 is 19.1 Å². The lowest BCUT2D eigenvalue weighted by Gasteiger charge is -2.30. The van der Waals surface area contributed by atoms with Gasteiger partial charge in [0.25, 0.3) is 5.91 Å². The van der Waals surface area contributed by atoms with Gasteiger partial charge in [0, 0.05) is 18.4 Å². The summed E-state index contributed by atoms with van der Waals surface area (Å²) in [5.41, 5.74) is 0.712. The van der Waals surface area contributed by atoms with E-state index < -0.39 is 18.8 Å². The summed E-state index contributed by atoms with van der Waals surface area (Å²) in [7, 11) is -4.63. The third kappa shape index (κ3) is 7.31. The zero-order valence-corrected chi connectivity index (χ0v) is 19.3. The molecular weight excluding hydrogens is 467 g/mol. The topological polar surface area (TPSA) is 67.6 Å². The van der Waals surface area contributed by atoms with Gasteiger partial charge in [-0.3, -0.25) is 4.79 Å². The van der Waals surface area contributed by atoms with E-state index in [1.54, 1.807) is 24.3 Å². The molecule has 2 aromatic rings. The molecule has 2 heterocycles. The number of halogens is 4. The van der Waals surface area contributed by atoms with E-state index >= 15 is 0 Å². The Hall–Kier alpha value is -3.37. The zero-order valence-electron chi connectivity index (χ0n) is 19.3. The van der Waals surface area contributed by atoms with Gasteiger partial charge in [0.15, 0.2) is 12.6 Å². The third-order valence-corrected chi connectivity index (χ3v) is 6.03. The van der Waals surface area contributed by atoms with E-state index in [0.29, 0.717) is 38.0 Å². The Morgan fingerprint density at radius 2 is 1.66 bits per heavy atom. The van der Waals surface area contributed by atoms with E-state index in [1.165, 1.54) is 12.7 Å². The molecule has 0 saturated carbocycles. The van der Waals surface area contributed by atoms with Crippen LogP contribution >= 0.6 is 0 Å². The fraction of sp³-hybridized carbons (Fsp3) is 0.375. The van der Waals surface area contributed by atoms with E-state index in [-0.39, 0.29) is 11.9 Å². The summed E-state index contributed by atoms with van der Waals surface area (Å²) in [6.07, 6.45) is 2.37. The van der Waals surface area contributed by atoms with E-state index in [4.69, 9.17) is 9.47 Å². The summed E-state index contributed by atoms with van der Waals surface area (Å²) < 4.78 is 52.4. The average molecular weight is 494 g/mol. The highest BCUT2D eigenvalue weighted by Gasteiger charge is 2.48. The molecule has 2 aliphatic heterocycles. The SMILES string of the molecule is COC(=O)[C@]1(NC(=O)c2ccccc2)CCC2=[N+](CC1)[C@@H](Cc1ccccc1)CO2.F[B-](F)(F)F. The Morgan fingerprint density at radius 1 is 1.06 bits per heavy atom. The molecule has 1 N–H and O–H groups in total. The van der Waals surface area contributed by atoms with E-state index in [0.717, 1.165) is 12.3 Å². The van der Waals surface area contributed by atoms with Crippen LogP contribution in [0.25, 0.3) is 0 Å². The van der Waals surface area contributed by atoms with Gasteiger partial charge in [-0.2, -0.15) is 4.58 Å². The number of nitrogens with zero attached hydrogens (tertiary/aromatic N) is 1. The fourth-order valence-electron chi connectivity index (χ4n) is 4.36. The molecule has 2 atom stereocenters. The van der Waals surface area contributed by atoms with Gasteiger partial charge in [0.1, 0.15) is 12.1 Å². The van der Waals surface area contributed by atoms with Gasteiger partial charge in [0.05, 0.1) is 13.5 Å². The smallest absolute Gasteiger partial charge is 0.467 e. The number of amides is 1. The number of methoxy groups -OCH3 is 1. The lowest BCUT2D eigenvalue weighted by atomic mass is 9.89. The molecule has 0 aromatic heterocycles. The first kappa shape index (κ1) is 26.2. The van der Waals surface area contributed by atoms with Crippen LogP contribution < -0.4 is 5.32 Å². The first-order valence-corrected chi connectivity index (χ1v) is 11.2. The van der Waals surface area contributed by atoms with Gasteiger partial charge in [-0.05, 0) is 24.1 Å². The van der Waals surface area contributed by atoms with Crippen LogP contribution in [0.4, 0.5) is 17.3 Å². The predicted molar refractivity (Wildman–Crippen MR) is 123 cm³/mol. The monoisotopic (exact) mass is 494 g/mol. The molecule has 0 radical (unpaired) electrons. The number of ether oxygens (including phenoxy) is 2. The van der Waals surface area contributed by atoms with Crippen molar-refractivity contribution >= 4 is 25.0 Å². The quantitative estimate of drug-likeness (QED) is 0.297. The van der Waals surface area contributed by atoms with Crippen LogP contribution in [0.5, 0.6) is 0 Å². The Kier molecular flexibility index (Phi) is 8.53. The first-order chi connectivity index (χ1) is 16.6. The van der Waals surface area contributed by atoms with Crippen molar-refractivity contribution in [1.29, 1.82) is 0 Å². The first-order valence-electron chi connectivity index (χ1n) is 11.2. The molecule has 188 valence electrons. The van der Waals surface area contributed by atoms with Gasteiger partial charge < -0.3 is 32.1 Å². The molecule has 0 unspecified atom stereocenters. The van der Waals surface area contributed by atoms with Gasteiger partial charge in [-0.1, -0.05) is 48.5 Å². The highest BCUT2D eigenvalue weighted by Crippen LogP contribution is 2.27. The molecule has 1 amide bonds. The molecule has 4 rings (SSSR count). The average Bonchev–Trinajstić information content (AvgIpc) is 3.11. The van der Waals surface area contributed by atoms with Crippen molar-refractivity contribution in [3.05, 3.63) is 71.8 Å². The molecule has 6 nitrogen and oxygen atoms in total. The molecule has 0 aliphatic carbocycles. The van der Waals surface area contributed by atoms with Crippen molar-refractivity contribution in [2.45, 2.75) is 37.3 Å². The normalized spacial score (nSPS) is 21.6. The van der Waals surface area contributed by atoms with Crippen molar-refractivity contribution in [3.8, 4) is 0 Å². The highest BCUT2D eigenvalue weighted by atomic mass is 19.5. The van der Waals surface area contributed by atoms with Crippen LogP contribution in [-0.2, 0) is 20.7 Å². The molecule has 11 heteroatoms. The highest BCUT2D eigenvalue weighted by molar-refractivity contribution is 6.50. The Morgan fingerprint density at radius 3 is 2.26 bits per heavy atom. The number of carbonyl (C=O) groups is 2. The Bertz CT molecular complexity index is 1040. The second-order valence-corrected chi connectivity index (χ2v) is 8.38. The molecule has 0 saturated heterocycles. The van der Waals surface area contributed by atoms with E-state index in [2.05, 4.69) is 22.0 Å². The van der Waals surface area contributed by atoms with Crippen molar-refractivity contribution in [1.82, 2.24) is 5.32 Å².